The summed E-state index contributed by atoms with van der Waals surface area (Å²) in [4.78, 5) is 6.32. The molecule has 1 aliphatic carbocycles. The zero-order chi connectivity index (χ0) is 21.0. The van der Waals surface area contributed by atoms with Crippen LogP contribution in [0.5, 0.6) is 0 Å². The van der Waals surface area contributed by atoms with Crippen LogP contribution < -0.4 is 5.32 Å². The predicted octanol–water partition coefficient (Wildman–Crippen LogP) is 3.46. The Kier molecular flexibility index (Phi) is 6.74. The van der Waals surface area contributed by atoms with Crippen molar-refractivity contribution >= 4 is 27.2 Å². The molecule has 1 fully saturated rings. The van der Waals surface area contributed by atoms with Gasteiger partial charge in [-0.25, -0.2) is 13.4 Å². The number of aromatic nitrogens is 2. The molecule has 0 saturated heterocycles. The van der Waals surface area contributed by atoms with Gasteiger partial charge in [-0.15, -0.1) is 6.58 Å². The van der Waals surface area contributed by atoms with Gasteiger partial charge in [0.25, 0.3) is 0 Å². The molecular formula is C21H28N4O2S2. The Bertz CT molecular complexity index is 964. The molecule has 8 heteroatoms. The summed E-state index contributed by atoms with van der Waals surface area (Å²) in [6.45, 7) is 8.93. The van der Waals surface area contributed by atoms with Gasteiger partial charge in [-0.1, -0.05) is 36.4 Å². The first-order valence-corrected chi connectivity index (χ1v) is 11.9. The smallest absolute Gasteiger partial charge is 0.228 e. The molecule has 2 aromatic rings. The molecule has 1 aromatic carbocycles. The van der Waals surface area contributed by atoms with Gasteiger partial charge in [0, 0.05) is 18.6 Å². The molecule has 1 aromatic heterocycles. The lowest BCUT2D eigenvalue weighted by Crippen LogP contribution is -2.42. The normalized spacial score (nSPS) is 14.0. The maximum absolute atomic E-state index is 13.1. The van der Waals surface area contributed by atoms with E-state index >= 15 is 0 Å². The van der Waals surface area contributed by atoms with Crippen molar-refractivity contribution in [2.75, 3.05) is 6.54 Å². The molecule has 1 aliphatic rings. The molecule has 1 N–H and O–H groups in total. The Balaban J connectivity index is 1.88. The average Bonchev–Trinajstić information content (AvgIpc) is 3.40. The van der Waals surface area contributed by atoms with Crippen molar-refractivity contribution in [2.24, 2.45) is 0 Å². The largest absolute Gasteiger partial charge is 0.360 e. The van der Waals surface area contributed by atoms with Crippen molar-refractivity contribution in [1.82, 2.24) is 19.8 Å². The molecular weight excluding hydrogens is 404 g/mol. The molecule has 1 heterocycles. The molecule has 6 nitrogen and oxygen atoms in total. The van der Waals surface area contributed by atoms with E-state index in [9.17, 15) is 8.42 Å². The molecule has 156 valence electrons. The molecule has 0 atom stereocenters. The lowest BCUT2D eigenvalue weighted by molar-refractivity contribution is 0.419. The number of hydrogen-bond donors (Lipinski definition) is 1. The SMILES string of the molecule is C=CCN(Cc1cnc(S(=O)(=O)Cc2ccccc2)n1C1CC1)C(=S)NC(C)C. The average molecular weight is 433 g/mol. The number of benzene rings is 1. The van der Waals surface area contributed by atoms with Gasteiger partial charge in [-0.05, 0) is 44.5 Å². The van der Waals surface area contributed by atoms with Gasteiger partial charge in [0.05, 0.1) is 24.2 Å². The maximum Gasteiger partial charge on any atom is 0.228 e. The van der Waals surface area contributed by atoms with E-state index in [0.717, 1.165) is 24.1 Å². The monoisotopic (exact) mass is 432 g/mol. The first kappa shape index (κ1) is 21.5. The van der Waals surface area contributed by atoms with Crippen LogP contribution in [0, 0.1) is 0 Å². The highest BCUT2D eigenvalue weighted by Crippen LogP contribution is 2.39. The van der Waals surface area contributed by atoms with Crippen molar-refractivity contribution in [3.8, 4) is 0 Å². The van der Waals surface area contributed by atoms with E-state index in [2.05, 4.69) is 16.9 Å². The lowest BCUT2D eigenvalue weighted by Gasteiger charge is -2.26. The van der Waals surface area contributed by atoms with Crippen LogP contribution >= 0.6 is 12.2 Å². The van der Waals surface area contributed by atoms with E-state index in [1.807, 2.05) is 53.6 Å². The van der Waals surface area contributed by atoms with Crippen molar-refractivity contribution in [3.05, 3.63) is 60.4 Å². The predicted molar refractivity (Wildman–Crippen MR) is 119 cm³/mol. The zero-order valence-electron chi connectivity index (χ0n) is 16.9. The molecule has 0 aliphatic heterocycles. The number of nitrogens with zero attached hydrogens (tertiary/aromatic N) is 3. The van der Waals surface area contributed by atoms with Crippen molar-refractivity contribution < 1.29 is 8.42 Å². The fourth-order valence-corrected chi connectivity index (χ4v) is 5.13. The summed E-state index contributed by atoms with van der Waals surface area (Å²) in [6, 6.07) is 9.62. The number of hydrogen-bond acceptors (Lipinski definition) is 4. The third kappa shape index (κ3) is 5.45. The molecule has 1 saturated carbocycles. The highest BCUT2D eigenvalue weighted by atomic mass is 32.2. The number of rotatable bonds is 9. The Morgan fingerprint density at radius 3 is 2.66 bits per heavy atom. The van der Waals surface area contributed by atoms with Crippen LogP contribution in [0.25, 0.3) is 0 Å². The Hall–Kier alpha value is -2.19. The summed E-state index contributed by atoms with van der Waals surface area (Å²) in [5.74, 6) is -0.0549. The molecule has 0 amide bonds. The van der Waals surface area contributed by atoms with E-state index in [0.29, 0.717) is 18.2 Å². The first-order chi connectivity index (χ1) is 13.8. The molecule has 0 unspecified atom stereocenters. The molecule has 0 radical (unpaired) electrons. The first-order valence-electron chi connectivity index (χ1n) is 9.81. The van der Waals surface area contributed by atoms with Crippen LogP contribution in [0.4, 0.5) is 0 Å². The Morgan fingerprint density at radius 1 is 1.38 bits per heavy atom. The van der Waals surface area contributed by atoms with Crippen molar-refractivity contribution in [2.45, 2.75) is 56.2 Å². The molecule has 3 rings (SSSR count). The van der Waals surface area contributed by atoms with E-state index in [1.165, 1.54) is 0 Å². The van der Waals surface area contributed by atoms with Crippen LogP contribution in [0.1, 0.15) is 44.0 Å². The molecule has 29 heavy (non-hydrogen) atoms. The summed E-state index contributed by atoms with van der Waals surface area (Å²) in [7, 11) is -3.55. The maximum atomic E-state index is 13.1. The minimum atomic E-state index is -3.55. The second-order valence-corrected chi connectivity index (χ2v) is 9.92. The standard InChI is InChI=1S/C21H28N4O2S2/c1-4-12-24(20(28)23-16(2)3)14-19-13-22-21(25(19)18-10-11-18)29(26,27)15-17-8-6-5-7-9-17/h4-9,13,16,18H,1,10-12,14-15H2,2-3H3,(H,23,28). The van der Waals surface area contributed by atoms with Gasteiger partial charge in [-0.3, -0.25) is 0 Å². The van der Waals surface area contributed by atoms with E-state index in [1.54, 1.807) is 12.3 Å². The number of imidazole rings is 1. The van der Waals surface area contributed by atoms with Crippen LogP contribution in [0.2, 0.25) is 0 Å². The third-order valence-corrected chi connectivity index (χ3v) is 6.58. The molecule has 0 spiro atoms. The lowest BCUT2D eigenvalue weighted by atomic mass is 10.2. The van der Waals surface area contributed by atoms with Gasteiger partial charge in [0.1, 0.15) is 0 Å². The van der Waals surface area contributed by atoms with Crippen molar-refractivity contribution in [3.63, 3.8) is 0 Å². The van der Waals surface area contributed by atoms with Crippen LogP contribution in [0.15, 0.2) is 54.3 Å². The third-order valence-electron chi connectivity index (χ3n) is 4.63. The highest BCUT2D eigenvalue weighted by molar-refractivity contribution is 7.90. The number of nitrogens with one attached hydrogen (secondary N) is 1. The van der Waals surface area contributed by atoms with Gasteiger partial charge < -0.3 is 14.8 Å². The minimum absolute atomic E-state index is 0.0549. The zero-order valence-corrected chi connectivity index (χ0v) is 18.5. The quantitative estimate of drug-likeness (QED) is 0.483. The van der Waals surface area contributed by atoms with Gasteiger partial charge in [0.2, 0.25) is 15.0 Å². The van der Waals surface area contributed by atoms with Gasteiger partial charge >= 0.3 is 0 Å². The van der Waals surface area contributed by atoms with Crippen LogP contribution in [-0.2, 0) is 22.1 Å². The van der Waals surface area contributed by atoms with E-state index in [4.69, 9.17) is 12.2 Å². The van der Waals surface area contributed by atoms with E-state index in [-0.39, 0.29) is 23.0 Å². The summed E-state index contributed by atoms with van der Waals surface area (Å²) in [5, 5.41) is 4.02. The van der Waals surface area contributed by atoms with Gasteiger partial charge in [0.15, 0.2) is 5.11 Å². The summed E-state index contributed by atoms with van der Waals surface area (Å²) < 4.78 is 28.1. The summed E-state index contributed by atoms with van der Waals surface area (Å²) in [5.41, 5.74) is 1.61. The molecule has 0 bridgehead atoms. The Morgan fingerprint density at radius 2 is 2.07 bits per heavy atom. The van der Waals surface area contributed by atoms with E-state index < -0.39 is 9.84 Å². The second-order valence-electron chi connectivity index (χ2n) is 7.65. The fraction of sp³-hybridized carbons (Fsp3) is 0.429. The minimum Gasteiger partial charge on any atom is -0.360 e. The van der Waals surface area contributed by atoms with Crippen LogP contribution in [0.3, 0.4) is 0 Å². The number of thiocarbonyl (C=S) groups is 1. The number of sulfone groups is 1. The topological polar surface area (TPSA) is 67.2 Å². The summed E-state index contributed by atoms with van der Waals surface area (Å²) in [6.07, 6.45) is 5.39. The Labute approximate surface area is 178 Å². The fourth-order valence-electron chi connectivity index (χ4n) is 3.21. The second kappa shape index (κ2) is 9.09. The van der Waals surface area contributed by atoms with Crippen molar-refractivity contribution in [1.29, 1.82) is 0 Å². The van der Waals surface area contributed by atoms with Gasteiger partial charge in [-0.2, -0.15) is 0 Å². The highest BCUT2D eigenvalue weighted by Gasteiger charge is 2.33. The summed E-state index contributed by atoms with van der Waals surface area (Å²) >= 11 is 5.53. The van der Waals surface area contributed by atoms with Crippen LogP contribution in [-0.4, -0.2) is 40.6 Å².